The molecular formula is C22H25FN2O2S. The Balaban J connectivity index is 1.75. The number of benzene rings is 2. The first-order valence-corrected chi connectivity index (χ1v) is 10.2. The third kappa shape index (κ3) is 5.62. The van der Waals surface area contributed by atoms with E-state index in [9.17, 15) is 9.50 Å². The molecule has 0 radical (unpaired) electrons. The van der Waals surface area contributed by atoms with Crippen molar-refractivity contribution in [2.45, 2.75) is 25.8 Å². The van der Waals surface area contributed by atoms with Crippen molar-refractivity contribution in [1.82, 2.24) is 4.90 Å². The van der Waals surface area contributed by atoms with Gasteiger partial charge in [0.15, 0.2) is 0 Å². The normalized spacial score (nSPS) is 12.3. The maximum Gasteiger partial charge on any atom is 0.137 e. The molecular weight excluding hydrogens is 375 g/mol. The van der Waals surface area contributed by atoms with Gasteiger partial charge in [0.25, 0.3) is 0 Å². The molecule has 0 aliphatic heterocycles. The highest BCUT2D eigenvalue weighted by atomic mass is 32.1. The fraction of sp³-hybridized carbons (Fsp3) is 0.273. The highest BCUT2D eigenvalue weighted by Gasteiger charge is 2.21. The van der Waals surface area contributed by atoms with Crippen molar-refractivity contribution in [2.75, 3.05) is 13.1 Å². The summed E-state index contributed by atoms with van der Waals surface area (Å²) in [6.07, 6.45) is -0.0146. The van der Waals surface area contributed by atoms with Gasteiger partial charge in [-0.25, -0.2) is 4.39 Å². The lowest BCUT2D eigenvalue weighted by Crippen LogP contribution is -2.30. The highest BCUT2D eigenvalue weighted by Crippen LogP contribution is 2.30. The second-order valence-electron chi connectivity index (χ2n) is 6.52. The van der Waals surface area contributed by atoms with Crippen LogP contribution in [0.4, 0.5) is 4.39 Å². The van der Waals surface area contributed by atoms with Crippen molar-refractivity contribution in [3.63, 3.8) is 0 Å². The molecule has 1 atom stereocenters. The van der Waals surface area contributed by atoms with Crippen molar-refractivity contribution in [1.29, 1.82) is 0 Å². The molecule has 148 valence electrons. The average Bonchev–Trinajstić information content (AvgIpc) is 3.23. The number of halogens is 1. The number of nitrogens with two attached hydrogens (primary N) is 1. The van der Waals surface area contributed by atoms with Crippen LogP contribution >= 0.6 is 11.3 Å². The number of nitrogens with zero attached hydrogens (tertiary/aromatic N) is 1. The molecule has 1 aromatic heterocycles. The Morgan fingerprint density at radius 2 is 1.86 bits per heavy atom. The largest absolute Gasteiger partial charge is 0.488 e. The summed E-state index contributed by atoms with van der Waals surface area (Å²) in [5, 5.41) is 13.1. The van der Waals surface area contributed by atoms with Crippen LogP contribution in [0.2, 0.25) is 0 Å². The lowest BCUT2D eigenvalue weighted by Gasteiger charge is -2.28. The number of hydrogen-bond donors (Lipinski definition) is 2. The lowest BCUT2D eigenvalue weighted by atomic mass is 10.1. The quantitative estimate of drug-likeness (QED) is 0.498. The molecule has 2 aromatic carbocycles. The second-order valence-corrected chi connectivity index (χ2v) is 7.55. The summed E-state index contributed by atoms with van der Waals surface area (Å²) in [6.45, 7) is 2.20. The van der Waals surface area contributed by atoms with Gasteiger partial charge in [0.2, 0.25) is 0 Å². The Bertz CT molecular complexity index is 840. The van der Waals surface area contributed by atoms with E-state index in [1.54, 1.807) is 23.5 Å². The van der Waals surface area contributed by atoms with E-state index < -0.39 is 6.23 Å². The minimum Gasteiger partial charge on any atom is -0.488 e. The fourth-order valence-electron chi connectivity index (χ4n) is 2.95. The minimum atomic E-state index is -0.807. The van der Waals surface area contributed by atoms with Crippen LogP contribution in [0.15, 0.2) is 66.0 Å². The molecule has 0 saturated heterocycles. The molecule has 6 heteroatoms. The Kier molecular flexibility index (Phi) is 7.56. The van der Waals surface area contributed by atoms with Gasteiger partial charge in [0.05, 0.1) is 0 Å². The summed E-state index contributed by atoms with van der Waals surface area (Å²) in [6, 6.07) is 17.7. The summed E-state index contributed by atoms with van der Waals surface area (Å²) in [7, 11) is 0. The molecule has 1 unspecified atom stereocenters. The Hall–Kier alpha value is -2.25. The molecule has 0 aliphatic rings. The van der Waals surface area contributed by atoms with Crippen LogP contribution in [0.3, 0.4) is 0 Å². The first-order chi connectivity index (χ1) is 13.7. The number of rotatable bonds is 10. The van der Waals surface area contributed by atoms with Gasteiger partial charge in [-0.1, -0.05) is 36.4 Å². The third-order valence-electron chi connectivity index (χ3n) is 4.44. The summed E-state index contributed by atoms with van der Waals surface area (Å²) < 4.78 is 19.0. The van der Waals surface area contributed by atoms with Crippen LogP contribution in [-0.4, -0.2) is 23.1 Å². The molecule has 0 bridgehead atoms. The monoisotopic (exact) mass is 400 g/mol. The smallest absolute Gasteiger partial charge is 0.137 e. The molecule has 0 saturated carbocycles. The second kappa shape index (κ2) is 10.3. The van der Waals surface area contributed by atoms with Gasteiger partial charge in [-0.15, -0.1) is 11.3 Å². The molecule has 3 N–H and O–H groups in total. The number of aliphatic hydroxyl groups is 1. The van der Waals surface area contributed by atoms with E-state index in [1.807, 2.05) is 40.6 Å². The van der Waals surface area contributed by atoms with E-state index in [0.29, 0.717) is 37.6 Å². The standard InChI is InChI=1S/C22H25FN2O2S/c23-18-10-8-17(9-11-18)16-27-21-7-2-1-6-20(21)22(26)25(13-4-12-24)15-19-5-3-14-28-19/h1-3,5-11,14,22,26H,4,12-13,15-16,24H2. The van der Waals surface area contributed by atoms with Crippen LogP contribution < -0.4 is 10.5 Å². The van der Waals surface area contributed by atoms with Crippen LogP contribution in [-0.2, 0) is 13.2 Å². The van der Waals surface area contributed by atoms with Gasteiger partial charge >= 0.3 is 0 Å². The number of thiophene rings is 1. The minimum absolute atomic E-state index is 0.274. The summed E-state index contributed by atoms with van der Waals surface area (Å²) >= 11 is 1.66. The van der Waals surface area contributed by atoms with Crippen LogP contribution in [0.1, 0.15) is 28.7 Å². The van der Waals surface area contributed by atoms with Crippen LogP contribution in [0.5, 0.6) is 5.75 Å². The average molecular weight is 401 g/mol. The predicted molar refractivity (Wildman–Crippen MR) is 111 cm³/mol. The zero-order chi connectivity index (χ0) is 19.8. The van der Waals surface area contributed by atoms with E-state index in [2.05, 4.69) is 6.07 Å². The first-order valence-electron chi connectivity index (χ1n) is 9.28. The van der Waals surface area contributed by atoms with E-state index in [0.717, 1.165) is 12.0 Å². The number of aliphatic hydroxyl groups excluding tert-OH is 1. The zero-order valence-corrected chi connectivity index (χ0v) is 16.4. The summed E-state index contributed by atoms with van der Waals surface area (Å²) in [4.78, 5) is 3.18. The van der Waals surface area contributed by atoms with Crippen molar-refractivity contribution in [2.24, 2.45) is 5.73 Å². The van der Waals surface area contributed by atoms with Crippen molar-refractivity contribution >= 4 is 11.3 Å². The third-order valence-corrected chi connectivity index (χ3v) is 5.30. The van der Waals surface area contributed by atoms with Gasteiger partial charge < -0.3 is 15.6 Å². The van der Waals surface area contributed by atoms with Gasteiger partial charge in [0.1, 0.15) is 24.4 Å². The maximum absolute atomic E-state index is 13.1. The van der Waals surface area contributed by atoms with Crippen molar-refractivity contribution in [3.8, 4) is 5.75 Å². The zero-order valence-electron chi connectivity index (χ0n) is 15.6. The van der Waals surface area contributed by atoms with Crippen molar-refractivity contribution in [3.05, 3.63) is 87.9 Å². The van der Waals surface area contributed by atoms with Crippen LogP contribution in [0, 0.1) is 5.82 Å². The summed E-state index contributed by atoms with van der Waals surface area (Å²) in [5.74, 6) is 0.340. The van der Waals surface area contributed by atoms with Gasteiger partial charge in [-0.05, 0) is 48.2 Å². The lowest BCUT2D eigenvalue weighted by molar-refractivity contribution is -0.00615. The molecule has 3 aromatic rings. The predicted octanol–water partition coefficient (Wildman–Crippen LogP) is 4.31. The van der Waals surface area contributed by atoms with E-state index in [-0.39, 0.29) is 5.82 Å². The Morgan fingerprint density at radius 1 is 1.07 bits per heavy atom. The first kappa shape index (κ1) is 20.5. The molecule has 0 amide bonds. The van der Waals surface area contributed by atoms with Gasteiger partial charge in [0, 0.05) is 23.5 Å². The van der Waals surface area contributed by atoms with Gasteiger partial charge in [-0.3, -0.25) is 4.90 Å². The highest BCUT2D eigenvalue weighted by molar-refractivity contribution is 7.09. The fourth-order valence-corrected chi connectivity index (χ4v) is 3.68. The van der Waals surface area contributed by atoms with Crippen LogP contribution in [0.25, 0.3) is 0 Å². The Morgan fingerprint density at radius 3 is 2.57 bits per heavy atom. The maximum atomic E-state index is 13.1. The van der Waals surface area contributed by atoms with E-state index in [1.165, 1.54) is 17.0 Å². The van der Waals surface area contributed by atoms with Gasteiger partial charge in [-0.2, -0.15) is 0 Å². The number of ether oxygens (including phenoxy) is 1. The Labute approximate surface area is 169 Å². The number of hydrogen-bond acceptors (Lipinski definition) is 5. The molecule has 3 rings (SSSR count). The molecule has 4 nitrogen and oxygen atoms in total. The summed E-state index contributed by atoms with van der Waals surface area (Å²) in [5.41, 5.74) is 7.26. The molecule has 28 heavy (non-hydrogen) atoms. The molecule has 0 spiro atoms. The van der Waals surface area contributed by atoms with E-state index >= 15 is 0 Å². The topological polar surface area (TPSA) is 58.7 Å². The van der Waals surface area contributed by atoms with E-state index in [4.69, 9.17) is 10.5 Å². The SMILES string of the molecule is NCCCN(Cc1cccs1)C(O)c1ccccc1OCc1ccc(F)cc1. The molecule has 0 fully saturated rings. The number of para-hydroxylation sites is 1. The molecule has 0 aliphatic carbocycles. The van der Waals surface area contributed by atoms with Crippen molar-refractivity contribution < 1.29 is 14.2 Å². The molecule has 1 heterocycles.